The predicted octanol–water partition coefficient (Wildman–Crippen LogP) is 2.65. The van der Waals surface area contributed by atoms with Crippen LogP contribution in [0.1, 0.15) is 24.1 Å². The summed E-state index contributed by atoms with van der Waals surface area (Å²) in [6.45, 7) is 2.37. The van der Waals surface area contributed by atoms with Crippen LogP contribution in [0.5, 0.6) is 5.88 Å². The van der Waals surface area contributed by atoms with Gasteiger partial charge < -0.3 is 15.4 Å². The maximum absolute atomic E-state index is 11.9. The molecule has 5 nitrogen and oxygen atoms in total. The third kappa shape index (κ3) is 4.49. The van der Waals surface area contributed by atoms with Gasteiger partial charge in [0.25, 0.3) is 0 Å². The van der Waals surface area contributed by atoms with Crippen molar-refractivity contribution in [3.63, 3.8) is 0 Å². The molecule has 0 aliphatic carbocycles. The number of urea groups is 1. The van der Waals surface area contributed by atoms with Crippen LogP contribution in [0, 0.1) is 0 Å². The van der Waals surface area contributed by atoms with Gasteiger partial charge in [-0.2, -0.15) is 0 Å². The standard InChI is InChI=1S/C16H19N3O2/c1-12(14-6-4-3-5-7-14)19-16(20)18-11-13-8-9-15(21-2)17-10-13/h3-10,12H,11H2,1-2H3,(H2,18,19,20). The molecule has 1 aromatic carbocycles. The van der Waals surface area contributed by atoms with Gasteiger partial charge in [-0.05, 0) is 18.1 Å². The number of aromatic nitrogens is 1. The minimum absolute atomic E-state index is 0.0415. The highest BCUT2D eigenvalue weighted by Gasteiger charge is 2.08. The van der Waals surface area contributed by atoms with Crippen LogP contribution in [-0.4, -0.2) is 18.1 Å². The van der Waals surface area contributed by atoms with Crippen molar-refractivity contribution in [1.29, 1.82) is 0 Å². The van der Waals surface area contributed by atoms with Crippen LogP contribution in [0.2, 0.25) is 0 Å². The summed E-state index contributed by atoms with van der Waals surface area (Å²) in [5.41, 5.74) is 1.98. The number of methoxy groups -OCH3 is 1. The number of ether oxygens (including phenoxy) is 1. The molecular weight excluding hydrogens is 266 g/mol. The first-order chi connectivity index (χ1) is 10.2. The molecule has 0 saturated carbocycles. The topological polar surface area (TPSA) is 63.2 Å². The van der Waals surface area contributed by atoms with Crippen LogP contribution in [0.15, 0.2) is 48.7 Å². The SMILES string of the molecule is COc1ccc(CNC(=O)NC(C)c2ccccc2)cn1. The van der Waals surface area contributed by atoms with Crippen molar-refractivity contribution in [2.75, 3.05) is 7.11 Å². The fourth-order valence-electron chi connectivity index (χ4n) is 1.89. The average Bonchev–Trinajstić information content (AvgIpc) is 2.54. The Kier molecular flexibility index (Phi) is 5.15. The zero-order valence-electron chi connectivity index (χ0n) is 12.2. The van der Waals surface area contributed by atoms with Crippen LogP contribution in [-0.2, 0) is 6.54 Å². The molecule has 0 aliphatic rings. The van der Waals surface area contributed by atoms with Crippen molar-refractivity contribution < 1.29 is 9.53 Å². The highest BCUT2D eigenvalue weighted by molar-refractivity contribution is 5.74. The summed E-state index contributed by atoms with van der Waals surface area (Å²) < 4.78 is 4.99. The molecule has 1 aromatic heterocycles. The van der Waals surface area contributed by atoms with Crippen molar-refractivity contribution in [3.05, 3.63) is 59.8 Å². The number of pyridine rings is 1. The minimum atomic E-state index is -0.206. The Morgan fingerprint density at radius 3 is 2.62 bits per heavy atom. The van der Waals surface area contributed by atoms with E-state index in [9.17, 15) is 4.79 Å². The highest BCUT2D eigenvalue weighted by Crippen LogP contribution is 2.11. The summed E-state index contributed by atoms with van der Waals surface area (Å²) in [6.07, 6.45) is 1.68. The summed E-state index contributed by atoms with van der Waals surface area (Å²) in [5, 5.41) is 5.70. The first-order valence-electron chi connectivity index (χ1n) is 6.77. The average molecular weight is 285 g/mol. The van der Waals surface area contributed by atoms with E-state index in [1.165, 1.54) is 0 Å². The lowest BCUT2D eigenvalue weighted by molar-refractivity contribution is 0.237. The van der Waals surface area contributed by atoms with Crippen LogP contribution in [0.4, 0.5) is 4.79 Å². The molecule has 1 heterocycles. The van der Waals surface area contributed by atoms with Gasteiger partial charge in [0.2, 0.25) is 5.88 Å². The van der Waals surface area contributed by atoms with Crippen molar-refractivity contribution in [2.45, 2.75) is 19.5 Å². The summed E-state index contributed by atoms with van der Waals surface area (Å²) >= 11 is 0. The van der Waals surface area contributed by atoms with E-state index >= 15 is 0 Å². The molecule has 1 unspecified atom stereocenters. The maximum Gasteiger partial charge on any atom is 0.315 e. The van der Waals surface area contributed by atoms with Crippen molar-refractivity contribution in [3.8, 4) is 5.88 Å². The first-order valence-corrected chi connectivity index (χ1v) is 6.77. The minimum Gasteiger partial charge on any atom is -0.481 e. The van der Waals surface area contributed by atoms with Gasteiger partial charge in [0.15, 0.2) is 0 Å². The quantitative estimate of drug-likeness (QED) is 0.887. The normalized spacial score (nSPS) is 11.5. The Labute approximate surface area is 124 Å². The molecule has 2 rings (SSSR count). The zero-order chi connectivity index (χ0) is 15.1. The number of benzene rings is 1. The van der Waals surface area contributed by atoms with Gasteiger partial charge in [-0.25, -0.2) is 9.78 Å². The Morgan fingerprint density at radius 1 is 1.24 bits per heavy atom. The number of carbonyl (C=O) groups excluding carboxylic acids is 1. The van der Waals surface area contributed by atoms with Gasteiger partial charge in [-0.3, -0.25) is 0 Å². The van der Waals surface area contributed by atoms with Crippen molar-refractivity contribution >= 4 is 6.03 Å². The maximum atomic E-state index is 11.9. The lowest BCUT2D eigenvalue weighted by Crippen LogP contribution is -2.36. The van der Waals surface area contributed by atoms with Crippen LogP contribution < -0.4 is 15.4 Å². The molecule has 21 heavy (non-hydrogen) atoms. The summed E-state index contributed by atoms with van der Waals surface area (Å²) in [5.74, 6) is 0.556. The van der Waals surface area contributed by atoms with E-state index in [1.807, 2.05) is 43.3 Å². The summed E-state index contributed by atoms with van der Waals surface area (Å²) in [7, 11) is 1.57. The van der Waals surface area contributed by atoms with Crippen molar-refractivity contribution in [1.82, 2.24) is 15.6 Å². The molecule has 0 fully saturated rings. The Hall–Kier alpha value is -2.56. The van der Waals surface area contributed by atoms with Crippen LogP contribution in [0.25, 0.3) is 0 Å². The molecule has 0 radical (unpaired) electrons. The van der Waals surface area contributed by atoms with E-state index < -0.39 is 0 Å². The number of carbonyl (C=O) groups is 1. The largest absolute Gasteiger partial charge is 0.481 e. The number of hydrogen-bond acceptors (Lipinski definition) is 3. The van der Waals surface area contributed by atoms with Gasteiger partial charge in [0.1, 0.15) is 0 Å². The van der Waals surface area contributed by atoms with Gasteiger partial charge >= 0.3 is 6.03 Å². The molecule has 0 aliphatic heterocycles. The molecule has 2 N–H and O–H groups in total. The van der Waals surface area contributed by atoms with E-state index in [0.29, 0.717) is 12.4 Å². The lowest BCUT2D eigenvalue weighted by Gasteiger charge is -2.15. The number of nitrogens with zero attached hydrogens (tertiary/aromatic N) is 1. The molecule has 2 aromatic rings. The fraction of sp³-hybridized carbons (Fsp3) is 0.250. The second-order valence-corrected chi connectivity index (χ2v) is 4.67. The smallest absolute Gasteiger partial charge is 0.315 e. The Bertz CT molecular complexity index is 570. The Balaban J connectivity index is 1.81. The predicted molar refractivity (Wildman–Crippen MR) is 81.0 cm³/mol. The zero-order valence-corrected chi connectivity index (χ0v) is 12.2. The third-order valence-corrected chi connectivity index (χ3v) is 3.11. The first kappa shape index (κ1) is 14.8. The Morgan fingerprint density at radius 2 is 2.00 bits per heavy atom. The molecule has 0 spiro atoms. The fourth-order valence-corrected chi connectivity index (χ4v) is 1.89. The van der Waals surface area contributed by atoms with Gasteiger partial charge in [-0.15, -0.1) is 0 Å². The highest BCUT2D eigenvalue weighted by atomic mass is 16.5. The second-order valence-electron chi connectivity index (χ2n) is 4.67. The van der Waals surface area contributed by atoms with Gasteiger partial charge in [0, 0.05) is 18.8 Å². The van der Waals surface area contributed by atoms with E-state index in [2.05, 4.69) is 15.6 Å². The monoisotopic (exact) mass is 285 g/mol. The number of rotatable bonds is 5. The van der Waals surface area contributed by atoms with Gasteiger partial charge in [-0.1, -0.05) is 36.4 Å². The molecule has 110 valence electrons. The lowest BCUT2D eigenvalue weighted by atomic mass is 10.1. The molecule has 2 amide bonds. The van der Waals surface area contributed by atoms with Crippen LogP contribution in [0.3, 0.4) is 0 Å². The summed E-state index contributed by atoms with van der Waals surface area (Å²) in [4.78, 5) is 15.9. The van der Waals surface area contributed by atoms with E-state index in [0.717, 1.165) is 11.1 Å². The molecule has 0 bridgehead atoms. The van der Waals surface area contributed by atoms with E-state index in [1.54, 1.807) is 19.4 Å². The van der Waals surface area contributed by atoms with E-state index in [4.69, 9.17) is 4.74 Å². The van der Waals surface area contributed by atoms with E-state index in [-0.39, 0.29) is 12.1 Å². The molecule has 1 atom stereocenters. The molecule has 5 heteroatoms. The molecule has 0 saturated heterocycles. The number of amides is 2. The third-order valence-electron chi connectivity index (χ3n) is 3.11. The van der Waals surface area contributed by atoms with Crippen molar-refractivity contribution in [2.24, 2.45) is 0 Å². The molecular formula is C16H19N3O2. The van der Waals surface area contributed by atoms with Crippen LogP contribution >= 0.6 is 0 Å². The second kappa shape index (κ2) is 7.28. The van der Waals surface area contributed by atoms with Gasteiger partial charge in [0.05, 0.1) is 13.2 Å². The number of nitrogens with one attached hydrogen (secondary N) is 2. The summed E-state index contributed by atoms with van der Waals surface area (Å²) in [6, 6.07) is 13.2. The number of hydrogen-bond donors (Lipinski definition) is 2.